The Kier molecular flexibility index (Phi) is 5.13. The highest BCUT2D eigenvalue weighted by atomic mass is 16.4. The zero-order valence-electron chi connectivity index (χ0n) is 15.7. The fraction of sp³-hybridized carbons (Fsp3) is 0.400. The summed E-state index contributed by atoms with van der Waals surface area (Å²) in [5.74, 6) is -0.158. The molecule has 138 valence electrons. The van der Waals surface area contributed by atoms with Crippen LogP contribution in [0.1, 0.15) is 23.1 Å². The van der Waals surface area contributed by atoms with Crippen LogP contribution in [0.15, 0.2) is 32.0 Å². The summed E-state index contributed by atoms with van der Waals surface area (Å²) in [4.78, 5) is 25.9. The van der Waals surface area contributed by atoms with Gasteiger partial charge >= 0.3 is 5.63 Å². The van der Waals surface area contributed by atoms with Crippen LogP contribution >= 0.6 is 0 Å². The quantitative estimate of drug-likeness (QED) is 0.516. The zero-order chi connectivity index (χ0) is 18.8. The van der Waals surface area contributed by atoms with Crippen molar-refractivity contribution in [3.63, 3.8) is 0 Å². The molecule has 0 fully saturated rings. The van der Waals surface area contributed by atoms with Gasteiger partial charge in [-0.25, -0.2) is 4.79 Å². The molecule has 6 heteroatoms. The van der Waals surface area contributed by atoms with Crippen LogP contribution in [0.4, 0.5) is 0 Å². The Morgan fingerprint density at radius 2 is 1.92 bits per heavy atom. The molecule has 0 saturated heterocycles. The molecule has 0 saturated carbocycles. The molecule has 1 aromatic carbocycles. The Morgan fingerprint density at radius 3 is 2.65 bits per heavy atom. The minimum absolute atomic E-state index is 0.0291. The van der Waals surface area contributed by atoms with E-state index in [0.29, 0.717) is 23.3 Å². The van der Waals surface area contributed by atoms with Gasteiger partial charge in [0.05, 0.1) is 38.9 Å². The van der Waals surface area contributed by atoms with Crippen molar-refractivity contribution in [1.82, 2.24) is 5.32 Å². The molecule has 1 amide bonds. The molecule has 0 aliphatic heterocycles. The summed E-state index contributed by atoms with van der Waals surface area (Å²) in [6.45, 7) is 5.42. The van der Waals surface area contributed by atoms with Crippen LogP contribution in [0.5, 0.6) is 0 Å². The minimum Gasteiger partial charge on any atom is -0.464 e. The lowest BCUT2D eigenvalue weighted by molar-refractivity contribution is -0.858. The smallest absolute Gasteiger partial charge is 0.340 e. The van der Waals surface area contributed by atoms with Crippen molar-refractivity contribution >= 4 is 27.8 Å². The topological polar surface area (TPSA) is 76.9 Å². The van der Waals surface area contributed by atoms with Crippen molar-refractivity contribution in [3.8, 4) is 0 Å². The second kappa shape index (κ2) is 7.33. The van der Waals surface area contributed by atoms with Gasteiger partial charge in [0.2, 0.25) is 5.91 Å². The summed E-state index contributed by atoms with van der Waals surface area (Å²) >= 11 is 0. The highest BCUT2D eigenvalue weighted by Crippen LogP contribution is 2.28. The standard InChI is InChI=1S/C20H24N2O4/c1-12-11-25-17-10-18-15(8-14(12)17)13(2)16(20(24)26-18)9-19(23)21-6-5-7-22(3)4/h8,10-11H,5-7,9H2,1-4H3,(H,21,23)/p+1. The Balaban J connectivity index is 1.86. The minimum atomic E-state index is -0.467. The van der Waals surface area contributed by atoms with Crippen molar-refractivity contribution < 1.29 is 18.5 Å². The third-order valence-corrected chi connectivity index (χ3v) is 4.69. The molecule has 0 spiro atoms. The van der Waals surface area contributed by atoms with E-state index < -0.39 is 5.63 Å². The Labute approximate surface area is 151 Å². The summed E-state index contributed by atoms with van der Waals surface area (Å²) in [7, 11) is 4.15. The first-order chi connectivity index (χ1) is 12.4. The number of amides is 1. The van der Waals surface area contributed by atoms with Gasteiger partial charge in [-0.2, -0.15) is 0 Å². The van der Waals surface area contributed by atoms with E-state index in [9.17, 15) is 9.59 Å². The van der Waals surface area contributed by atoms with E-state index >= 15 is 0 Å². The number of hydrogen-bond donors (Lipinski definition) is 2. The SMILES string of the molecule is Cc1coc2cc3oc(=O)c(CC(=O)NCCC[NH+](C)C)c(C)c3cc12. The maximum atomic E-state index is 12.4. The third kappa shape index (κ3) is 3.65. The third-order valence-electron chi connectivity index (χ3n) is 4.69. The van der Waals surface area contributed by atoms with Crippen LogP contribution in [0.3, 0.4) is 0 Å². The Morgan fingerprint density at radius 1 is 1.15 bits per heavy atom. The normalized spacial score (nSPS) is 11.6. The van der Waals surface area contributed by atoms with Gasteiger partial charge in [0.1, 0.15) is 11.2 Å². The molecule has 0 aliphatic rings. The number of quaternary nitrogens is 1. The average Bonchev–Trinajstić information content (AvgIpc) is 2.94. The molecule has 0 unspecified atom stereocenters. The van der Waals surface area contributed by atoms with E-state index in [4.69, 9.17) is 8.83 Å². The predicted molar refractivity (Wildman–Crippen MR) is 101 cm³/mol. The van der Waals surface area contributed by atoms with Gasteiger partial charge in [-0.3, -0.25) is 4.79 Å². The summed E-state index contributed by atoms with van der Waals surface area (Å²) in [6.07, 6.45) is 2.61. The number of carbonyl (C=O) groups excluding carboxylic acids is 1. The van der Waals surface area contributed by atoms with Gasteiger partial charge in [-0.05, 0) is 31.0 Å². The zero-order valence-corrected chi connectivity index (χ0v) is 15.7. The van der Waals surface area contributed by atoms with Crippen LogP contribution in [-0.4, -0.2) is 33.1 Å². The molecule has 3 aromatic rings. The number of aryl methyl sites for hydroxylation is 2. The molecule has 2 aromatic heterocycles. The second-order valence-electron chi connectivity index (χ2n) is 7.09. The summed E-state index contributed by atoms with van der Waals surface area (Å²) < 4.78 is 10.9. The van der Waals surface area contributed by atoms with Gasteiger partial charge in [0, 0.05) is 29.8 Å². The van der Waals surface area contributed by atoms with E-state index in [1.807, 2.05) is 19.9 Å². The first-order valence-electron chi connectivity index (χ1n) is 8.86. The molecule has 0 radical (unpaired) electrons. The first kappa shape index (κ1) is 18.2. The van der Waals surface area contributed by atoms with E-state index in [2.05, 4.69) is 19.4 Å². The number of benzene rings is 1. The largest absolute Gasteiger partial charge is 0.464 e. The molecule has 6 nitrogen and oxygen atoms in total. The van der Waals surface area contributed by atoms with Crippen molar-refractivity contribution in [2.24, 2.45) is 0 Å². The number of furan rings is 1. The lowest BCUT2D eigenvalue weighted by atomic mass is 10.0. The van der Waals surface area contributed by atoms with Gasteiger partial charge in [0.25, 0.3) is 0 Å². The van der Waals surface area contributed by atoms with Crippen LogP contribution < -0.4 is 15.8 Å². The number of rotatable bonds is 6. The van der Waals surface area contributed by atoms with Gasteiger partial charge < -0.3 is 19.1 Å². The highest BCUT2D eigenvalue weighted by molar-refractivity contribution is 5.96. The maximum Gasteiger partial charge on any atom is 0.340 e. The first-order valence-corrected chi connectivity index (χ1v) is 8.86. The van der Waals surface area contributed by atoms with Gasteiger partial charge in [-0.1, -0.05) is 0 Å². The van der Waals surface area contributed by atoms with Crippen molar-refractivity contribution in [2.45, 2.75) is 26.7 Å². The van der Waals surface area contributed by atoms with Crippen LogP contribution in [0, 0.1) is 13.8 Å². The predicted octanol–water partition coefficient (Wildman–Crippen LogP) is 1.35. The maximum absolute atomic E-state index is 12.4. The summed E-state index contributed by atoms with van der Waals surface area (Å²) in [6, 6.07) is 3.70. The van der Waals surface area contributed by atoms with E-state index in [0.717, 1.165) is 34.9 Å². The van der Waals surface area contributed by atoms with Crippen LogP contribution in [0.2, 0.25) is 0 Å². The lowest BCUT2D eigenvalue weighted by Crippen LogP contribution is -3.05. The van der Waals surface area contributed by atoms with E-state index in [-0.39, 0.29) is 12.3 Å². The molecular weight excluding hydrogens is 332 g/mol. The van der Waals surface area contributed by atoms with Gasteiger partial charge in [0.15, 0.2) is 0 Å². The van der Waals surface area contributed by atoms with E-state index in [1.54, 1.807) is 12.3 Å². The van der Waals surface area contributed by atoms with Crippen LogP contribution in [0.25, 0.3) is 21.9 Å². The fourth-order valence-electron chi connectivity index (χ4n) is 3.13. The Hall–Kier alpha value is -2.60. The van der Waals surface area contributed by atoms with Crippen molar-refractivity contribution in [2.75, 3.05) is 27.2 Å². The highest BCUT2D eigenvalue weighted by Gasteiger charge is 2.16. The molecular formula is C20H25N2O4+. The monoisotopic (exact) mass is 357 g/mol. The molecule has 0 bridgehead atoms. The molecule has 2 N–H and O–H groups in total. The second-order valence-corrected chi connectivity index (χ2v) is 7.09. The number of hydrogen-bond acceptors (Lipinski definition) is 4. The lowest BCUT2D eigenvalue weighted by Gasteiger charge is -2.10. The van der Waals surface area contributed by atoms with Crippen LogP contribution in [-0.2, 0) is 11.2 Å². The molecule has 0 aliphatic carbocycles. The van der Waals surface area contributed by atoms with Crippen molar-refractivity contribution in [1.29, 1.82) is 0 Å². The van der Waals surface area contributed by atoms with Gasteiger partial charge in [-0.15, -0.1) is 0 Å². The number of nitrogens with one attached hydrogen (secondary N) is 2. The number of fused-ring (bicyclic) bond motifs is 2. The molecule has 0 atom stereocenters. The molecule has 3 rings (SSSR count). The summed E-state index contributed by atoms with van der Waals surface area (Å²) in [5, 5.41) is 4.69. The fourth-order valence-corrected chi connectivity index (χ4v) is 3.13. The molecule has 26 heavy (non-hydrogen) atoms. The Bertz CT molecular complexity index is 1010. The summed E-state index contributed by atoms with van der Waals surface area (Å²) in [5.41, 5.74) is 2.92. The van der Waals surface area contributed by atoms with Crippen molar-refractivity contribution in [3.05, 3.63) is 45.5 Å². The number of carbonyl (C=O) groups is 1. The van der Waals surface area contributed by atoms with E-state index in [1.165, 1.54) is 4.90 Å². The molecule has 2 heterocycles. The average molecular weight is 357 g/mol.